The third-order valence-corrected chi connectivity index (χ3v) is 3.73. The van der Waals surface area contributed by atoms with Crippen molar-refractivity contribution < 1.29 is 9.84 Å². The molecule has 5 heteroatoms. The fourth-order valence-electron chi connectivity index (χ4n) is 1.86. The van der Waals surface area contributed by atoms with Crippen molar-refractivity contribution in [2.75, 3.05) is 12.9 Å². The number of ether oxygens (including phenoxy) is 1. The zero-order valence-electron chi connectivity index (χ0n) is 11.8. The van der Waals surface area contributed by atoms with E-state index in [0.717, 1.165) is 22.7 Å². The number of aryl methyl sites for hydroxylation is 2. The molecule has 1 heterocycles. The van der Waals surface area contributed by atoms with Gasteiger partial charge in [-0.05, 0) is 37.6 Å². The average Bonchev–Trinajstić information content (AvgIpc) is 2.44. The Bertz CT molecular complexity index is 570. The molecule has 1 aromatic carbocycles. The van der Waals surface area contributed by atoms with Crippen LogP contribution in [0, 0.1) is 13.8 Å². The van der Waals surface area contributed by atoms with Gasteiger partial charge in [-0.3, -0.25) is 0 Å². The van der Waals surface area contributed by atoms with E-state index in [1.165, 1.54) is 11.8 Å². The summed E-state index contributed by atoms with van der Waals surface area (Å²) in [4.78, 5) is 8.70. The van der Waals surface area contributed by atoms with Gasteiger partial charge in [-0.2, -0.15) is 0 Å². The van der Waals surface area contributed by atoms with Gasteiger partial charge in [-0.25, -0.2) is 9.97 Å². The van der Waals surface area contributed by atoms with Gasteiger partial charge < -0.3 is 9.84 Å². The Morgan fingerprint density at radius 1 is 1.20 bits per heavy atom. The molecular formula is C15H18N2O2S. The van der Waals surface area contributed by atoms with Gasteiger partial charge in [0.1, 0.15) is 5.75 Å². The highest BCUT2D eigenvalue weighted by atomic mass is 32.2. The number of aliphatic hydroxyl groups excluding tert-OH is 1. The molecule has 0 aliphatic carbocycles. The zero-order chi connectivity index (χ0) is 14.5. The molecule has 0 bridgehead atoms. The van der Waals surface area contributed by atoms with E-state index in [0.29, 0.717) is 10.9 Å². The Balaban J connectivity index is 2.02. The first-order valence-corrected chi connectivity index (χ1v) is 7.34. The van der Waals surface area contributed by atoms with Crippen LogP contribution in [0.4, 0.5) is 0 Å². The number of hydrogen-bond acceptors (Lipinski definition) is 5. The first-order chi connectivity index (χ1) is 9.58. The minimum absolute atomic E-state index is 0.510. The molecule has 2 aromatic rings. The minimum Gasteiger partial charge on any atom is -0.497 e. The molecule has 0 fully saturated rings. The molecule has 0 spiro atoms. The summed E-state index contributed by atoms with van der Waals surface area (Å²) in [6.07, 6.45) is -0.570. The van der Waals surface area contributed by atoms with Crippen molar-refractivity contribution in [3.8, 4) is 5.75 Å². The highest BCUT2D eigenvalue weighted by molar-refractivity contribution is 7.99. The van der Waals surface area contributed by atoms with Crippen LogP contribution in [-0.4, -0.2) is 27.9 Å². The quantitative estimate of drug-likeness (QED) is 0.678. The molecule has 2 rings (SSSR count). The summed E-state index contributed by atoms with van der Waals surface area (Å²) in [7, 11) is 1.61. The van der Waals surface area contributed by atoms with Crippen LogP contribution in [0.15, 0.2) is 35.5 Å². The molecule has 0 aliphatic rings. The molecule has 0 saturated heterocycles. The van der Waals surface area contributed by atoms with Crippen LogP contribution in [0.5, 0.6) is 5.75 Å². The van der Waals surface area contributed by atoms with Gasteiger partial charge in [0.15, 0.2) is 5.16 Å². The van der Waals surface area contributed by atoms with Crippen molar-refractivity contribution in [3.63, 3.8) is 0 Å². The zero-order valence-corrected chi connectivity index (χ0v) is 12.6. The van der Waals surface area contributed by atoms with Crippen LogP contribution < -0.4 is 4.74 Å². The van der Waals surface area contributed by atoms with Gasteiger partial charge in [0.2, 0.25) is 0 Å². The molecular weight excluding hydrogens is 272 g/mol. The molecule has 1 unspecified atom stereocenters. The van der Waals surface area contributed by atoms with E-state index in [1.807, 2.05) is 44.2 Å². The number of thioether (sulfide) groups is 1. The molecule has 106 valence electrons. The number of benzene rings is 1. The number of hydrogen-bond donors (Lipinski definition) is 1. The first kappa shape index (κ1) is 14.8. The molecule has 4 nitrogen and oxygen atoms in total. The minimum atomic E-state index is -0.570. The molecule has 20 heavy (non-hydrogen) atoms. The van der Waals surface area contributed by atoms with Gasteiger partial charge in [0.25, 0.3) is 0 Å². The maximum atomic E-state index is 10.2. The van der Waals surface area contributed by atoms with Crippen LogP contribution in [-0.2, 0) is 0 Å². The number of nitrogens with zero attached hydrogens (tertiary/aromatic N) is 2. The maximum absolute atomic E-state index is 10.2. The van der Waals surface area contributed by atoms with Crippen molar-refractivity contribution in [1.29, 1.82) is 0 Å². The maximum Gasteiger partial charge on any atom is 0.188 e. The lowest BCUT2D eigenvalue weighted by molar-refractivity contribution is 0.203. The van der Waals surface area contributed by atoms with E-state index >= 15 is 0 Å². The number of rotatable bonds is 5. The predicted octanol–water partition coefficient (Wildman–Crippen LogP) is 2.93. The summed E-state index contributed by atoms with van der Waals surface area (Å²) in [6, 6.07) is 9.39. The van der Waals surface area contributed by atoms with Crippen molar-refractivity contribution in [2.45, 2.75) is 25.1 Å². The fourth-order valence-corrected chi connectivity index (χ4v) is 2.77. The summed E-state index contributed by atoms with van der Waals surface area (Å²) in [5, 5.41) is 10.9. The molecule has 1 atom stereocenters. The predicted molar refractivity (Wildman–Crippen MR) is 80.2 cm³/mol. The van der Waals surface area contributed by atoms with E-state index in [9.17, 15) is 5.11 Å². The lowest BCUT2D eigenvalue weighted by Crippen LogP contribution is -2.02. The van der Waals surface area contributed by atoms with Crippen LogP contribution in [0.1, 0.15) is 23.1 Å². The third kappa shape index (κ3) is 3.95. The second-order valence-electron chi connectivity index (χ2n) is 4.54. The van der Waals surface area contributed by atoms with Crippen LogP contribution in [0.2, 0.25) is 0 Å². The summed E-state index contributed by atoms with van der Waals surface area (Å²) in [6.45, 7) is 3.88. The molecule has 0 aliphatic heterocycles. The van der Waals surface area contributed by atoms with Gasteiger partial charge in [-0.1, -0.05) is 23.9 Å². The second kappa shape index (κ2) is 6.72. The SMILES string of the molecule is COc1cccc(C(O)CSc2nc(C)cc(C)n2)c1. The highest BCUT2D eigenvalue weighted by Gasteiger charge is 2.10. The van der Waals surface area contributed by atoms with Crippen LogP contribution in [0.3, 0.4) is 0 Å². The molecule has 0 amide bonds. The Morgan fingerprint density at radius 2 is 1.90 bits per heavy atom. The standard InChI is InChI=1S/C15H18N2O2S/c1-10-7-11(2)17-15(16-10)20-9-14(18)12-5-4-6-13(8-12)19-3/h4-8,14,18H,9H2,1-3H3. The summed E-state index contributed by atoms with van der Waals surface area (Å²) >= 11 is 1.45. The van der Waals surface area contributed by atoms with E-state index < -0.39 is 6.10 Å². The van der Waals surface area contributed by atoms with E-state index in [-0.39, 0.29) is 0 Å². The van der Waals surface area contributed by atoms with E-state index in [2.05, 4.69) is 9.97 Å². The van der Waals surface area contributed by atoms with Crippen LogP contribution >= 0.6 is 11.8 Å². The first-order valence-electron chi connectivity index (χ1n) is 6.35. The Labute approximate surface area is 123 Å². The molecule has 0 radical (unpaired) electrons. The average molecular weight is 290 g/mol. The molecule has 1 N–H and O–H groups in total. The van der Waals surface area contributed by atoms with Crippen molar-refractivity contribution >= 4 is 11.8 Å². The van der Waals surface area contributed by atoms with Crippen LogP contribution in [0.25, 0.3) is 0 Å². The van der Waals surface area contributed by atoms with Gasteiger partial charge in [-0.15, -0.1) is 0 Å². The Hall–Kier alpha value is -1.59. The number of methoxy groups -OCH3 is 1. The molecule has 1 aromatic heterocycles. The Kier molecular flexibility index (Phi) is 4.98. The second-order valence-corrected chi connectivity index (χ2v) is 5.52. The summed E-state index contributed by atoms with van der Waals surface area (Å²) < 4.78 is 5.16. The third-order valence-electron chi connectivity index (χ3n) is 2.81. The smallest absolute Gasteiger partial charge is 0.188 e. The van der Waals surface area contributed by atoms with E-state index in [4.69, 9.17) is 4.74 Å². The Morgan fingerprint density at radius 3 is 2.55 bits per heavy atom. The lowest BCUT2D eigenvalue weighted by Gasteiger charge is -2.11. The van der Waals surface area contributed by atoms with Crippen molar-refractivity contribution in [1.82, 2.24) is 9.97 Å². The number of aromatic nitrogens is 2. The van der Waals surface area contributed by atoms with Crippen molar-refractivity contribution in [3.05, 3.63) is 47.3 Å². The normalized spacial score (nSPS) is 12.2. The van der Waals surface area contributed by atoms with Gasteiger partial charge in [0.05, 0.1) is 13.2 Å². The summed E-state index contributed by atoms with van der Waals surface area (Å²) in [5.74, 6) is 1.25. The highest BCUT2D eigenvalue weighted by Crippen LogP contribution is 2.25. The topological polar surface area (TPSA) is 55.2 Å². The van der Waals surface area contributed by atoms with Gasteiger partial charge in [0, 0.05) is 17.1 Å². The largest absolute Gasteiger partial charge is 0.497 e. The molecule has 0 saturated carbocycles. The van der Waals surface area contributed by atoms with Gasteiger partial charge >= 0.3 is 0 Å². The fraction of sp³-hybridized carbons (Fsp3) is 0.333. The van der Waals surface area contributed by atoms with E-state index in [1.54, 1.807) is 7.11 Å². The number of aliphatic hydroxyl groups is 1. The lowest BCUT2D eigenvalue weighted by atomic mass is 10.1. The van der Waals surface area contributed by atoms with Crippen molar-refractivity contribution in [2.24, 2.45) is 0 Å². The summed E-state index contributed by atoms with van der Waals surface area (Å²) in [5.41, 5.74) is 2.72. The monoisotopic (exact) mass is 290 g/mol.